The summed E-state index contributed by atoms with van der Waals surface area (Å²) in [5.74, 6) is 0. The number of H-pyrrole nitrogens is 1. The monoisotopic (exact) mass is 235 g/mol. The fourth-order valence-corrected chi connectivity index (χ4v) is 2.15. The van der Waals surface area contributed by atoms with Crippen LogP contribution in [0.2, 0.25) is 0 Å². The second-order valence-corrected chi connectivity index (χ2v) is 3.93. The van der Waals surface area contributed by atoms with E-state index < -0.39 is 11.7 Å². The maximum atomic E-state index is 12.9. The first kappa shape index (κ1) is 10.2. The lowest BCUT2D eigenvalue weighted by atomic mass is 10.0. The van der Waals surface area contributed by atoms with E-state index in [4.69, 9.17) is 0 Å². The fourth-order valence-electron chi connectivity index (χ4n) is 2.15. The number of nitrogens with one attached hydrogen (secondary N) is 1. The molecule has 0 radical (unpaired) electrons. The lowest BCUT2D eigenvalue weighted by Crippen LogP contribution is -2.05. The summed E-state index contributed by atoms with van der Waals surface area (Å²) >= 11 is 0. The smallest absolute Gasteiger partial charge is 0.366 e. The third kappa shape index (κ3) is 1.48. The van der Waals surface area contributed by atoms with Crippen LogP contribution >= 0.6 is 0 Å². The Morgan fingerprint density at radius 1 is 0.882 bits per heavy atom. The Balaban J connectivity index is 2.53. The van der Waals surface area contributed by atoms with Gasteiger partial charge in [0.25, 0.3) is 0 Å². The van der Waals surface area contributed by atoms with Crippen molar-refractivity contribution in [1.82, 2.24) is 4.98 Å². The van der Waals surface area contributed by atoms with E-state index >= 15 is 0 Å². The van der Waals surface area contributed by atoms with E-state index in [9.17, 15) is 13.2 Å². The van der Waals surface area contributed by atoms with Crippen LogP contribution in [-0.2, 0) is 6.18 Å². The third-order valence-corrected chi connectivity index (χ3v) is 2.89. The maximum absolute atomic E-state index is 12.9. The standard InChI is InChI=1S/C13H8F3N/c14-13(15,16)12-5-8-3-1-2-4-9(8)10-6-17-7-11(10)12/h1-7,17H. The van der Waals surface area contributed by atoms with Crippen molar-refractivity contribution in [3.8, 4) is 0 Å². The van der Waals surface area contributed by atoms with Crippen molar-refractivity contribution in [2.75, 3.05) is 0 Å². The molecule has 4 heteroatoms. The summed E-state index contributed by atoms with van der Waals surface area (Å²) < 4.78 is 38.7. The number of fused-ring (bicyclic) bond motifs is 3. The van der Waals surface area contributed by atoms with Gasteiger partial charge in [-0.1, -0.05) is 24.3 Å². The second-order valence-electron chi connectivity index (χ2n) is 3.93. The van der Waals surface area contributed by atoms with E-state index in [1.807, 2.05) is 12.1 Å². The molecule has 0 saturated carbocycles. The summed E-state index contributed by atoms with van der Waals surface area (Å²) in [5, 5.41) is 2.26. The molecule has 3 aromatic rings. The summed E-state index contributed by atoms with van der Waals surface area (Å²) in [6.07, 6.45) is -1.33. The highest BCUT2D eigenvalue weighted by Crippen LogP contribution is 2.38. The molecule has 0 fully saturated rings. The summed E-state index contributed by atoms with van der Waals surface area (Å²) in [4.78, 5) is 2.74. The topological polar surface area (TPSA) is 15.8 Å². The molecule has 17 heavy (non-hydrogen) atoms. The van der Waals surface area contributed by atoms with Gasteiger partial charge in [-0.15, -0.1) is 0 Å². The van der Waals surface area contributed by atoms with Crippen LogP contribution in [0.5, 0.6) is 0 Å². The number of aromatic nitrogens is 1. The van der Waals surface area contributed by atoms with Crippen LogP contribution in [0.1, 0.15) is 5.56 Å². The second kappa shape index (κ2) is 3.26. The Morgan fingerprint density at radius 3 is 2.35 bits per heavy atom. The number of alkyl halides is 3. The highest BCUT2D eigenvalue weighted by Gasteiger charge is 2.33. The van der Waals surface area contributed by atoms with E-state index in [-0.39, 0.29) is 5.39 Å². The highest BCUT2D eigenvalue weighted by atomic mass is 19.4. The maximum Gasteiger partial charge on any atom is 0.417 e. The Morgan fingerprint density at radius 2 is 1.59 bits per heavy atom. The Bertz CT molecular complexity index is 695. The van der Waals surface area contributed by atoms with E-state index in [1.54, 1.807) is 18.3 Å². The number of hydrogen-bond donors (Lipinski definition) is 1. The summed E-state index contributed by atoms with van der Waals surface area (Å²) in [5.41, 5.74) is -0.590. The van der Waals surface area contributed by atoms with Crippen LogP contribution in [-0.4, -0.2) is 4.98 Å². The zero-order valence-corrected chi connectivity index (χ0v) is 8.68. The number of benzene rings is 2. The lowest BCUT2D eigenvalue weighted by molar-refractivity contribution is -0.136. The largest absolute Gasteiger partial charge is 0.417 e. The third-order valence-electron chi connectivity index (χ3n) is 2.89. The molecule has 86 valence electrons. The molecule has 0 atom stereocenters. The first-order valence-electron chi connectivity index (χ1n) is 5.13. The lowest BCUT2D eigenvalue weighted by Gasteiger charge is -2.10. The number of aromatic amines is 1. The van der Waals surface area contributed by atoms with E-state index in [1.165, 1.54) is 12.3 Å². The molecule has 1 aromatic heterocycles. The van der Waals surface area contributed by atoms with Crippen LogP contribution in [0, 0.1) is 0 Å². The van der Waals surface area contributed by atoms with Crippen molar-refractivity contribution in [3.05, 3.63) is 48.3 Å². The Hall–Kier alpha value is -1.97. The average molecular weight is 235 g/mol. The predicted molar refractivity (Wildman–Crippen MR) is 60.8 cm³/mol. The van der Waals surface area contributed by atoms with Crippen molar-refractivity contribution < 1.29 is 13.2 Å². The van der Waals surface area contributed by atoms with Gasteiger partial charge in [0.1, 0.15) is 0 Å². The first-order chi connectivity index (χ1) is 8.07. The highest BCUT2D eigenvalue weighted by molar-refractivity contribution is 6.09. The molecule has 0 amide bonds. The number of halogens is 3. The molecule has 1 N–H and O–H groups in total. The normalized spacial score (nSPS) is 12.4. The van der Waals surface area contributed by atoms with Crippen LogP contribution in [0.25, 0.3) is 21.5 Å². The molecule has 0 bridgehead atoms. The fraction of sp³-hybridized carbons (Fsp3) is 0.0769. The molecule has 0 spiro atoms. The van der Waals surface area contributed by atoms with Crippen molar-refractivity contribution in [1.29, 1.82) is 0 Å². The molecule has 0 aliphatic heterocycles. The van der Waals surface area contributed by atoms with Crippen LogP contribution < -0.4 is 0 Å². The number of rotatable bonds is 0. The van der Waals surface area contributed by atoms with Crippen LogP contribution in [0.15, 0.2) is 42.7 Å². The van der Waals surface area contributed by atoms with E-state index in [0.29, 0.717) is 10.8 Å². The molecule has 0 saturated heterocycles. The minimum absolute atomic E-state index is 0.219. The molecular weight excluding hydrogens is 227 g/mol. The molecule has 1 nitrogen and oxygen atoms in total. The van der Waals surface area contributed by atoms with Gasteiger partial charge in [0.2, 0.25) is 0 Å². The Labute approximate surface area is 94.9 Å². The van der Waals surface area contributed by atoms with Gasteiger partial charge in [-0.25, -0.2) is 0 Å². The van der Waals surface area contributed by atoms with Gasteiger partial charge in [-0.2, -0.15) is 13.2 Å². The molecule has 0 aliphatic carbocycles. The average Bonchev–Trinajstić information content (AvgIpc) is 2.75. The van der Waals surface area contributed by atoms with E-state index in [2.05, 4.69) is 4.98 Å². The van der Waals surface area contributed by atoms with Gasteiger partial charge in [0.05, 0.1) is 5.56 Å². The van der Waals surface area contributed by atoms with Crippen molar-refractivity contribution >= 4 is 21.5 Å². The van der Waals surface area contributed by atoms with Crippen LogP contribution in [0.4, 0.5) is 13.2 Å². The Kier molecular flexibility index (Phi) is 1.96. The van der Waals surface area contributed by atoms with Crippen LogP contribution in [0.3, 0.4) is 0 Å². The molecule has 0 aliphatic rings. The first-order valence-corrected chi connectivity index (χ1v) is 5.13. The zero-order chi connectivity index (χ0) is 12.0. The molecular formula is C13H8F3N. The van der Waals surface area contributed by atoms with Gasteiger partial charge in [-0.05, 0) is 16.8 Å². The van der Waals surface area contributed by atoms with Gasteiger partial charge in [0.15, 0.2) is 0 Å². The zero-order valence-electron chi connectivity index (χ0n) is 8.68. The van der Waals surface area contributed by atoms with Gasteiger partial charge < -0.3 is 4.98 Å². The molecule has 3 rings (SSSR count). The minimum atomic E-state index is -4.33. The predicted octanol–water partition coefficient (Wildman–Crippen LogP) is 4.34. The summed E-state index contributed by atoms with van der Waals surface area (Å²) in [6, 6.07) is 8.27. The molecule has 0 unspecified atom stereocenters. The minimum Gasteiger partial charge on any atom is -0.366 e. The summed E-state index contributed by atoms with van der Waals surface area (Å²) in [6.45, 7) is 0. The van der Waals surface area contributed by atoms with Crippen molar-refractivity contribution in [2.45, 2.75) is 6.18 Å². The van der Waals surface area contributed by atoms with Gasteiger partial charge in [0, 0.05) is 23.2 Å². The van der Waals surface area contributed by atoms with Gasteiger partial charge >= 0.3 is 6.18 Å². The molecule has 2 aromatic carbocycles. The summed E-state index contributed by atoms with van der Waals surface area (Å²) in [7, 11) is 0. The van der Waals surface area contributed by atoms with Gasteiger partial charge in [-0.3, -0.25) is 0 Å². The van der Waals surface area contributed by atoms with E-state index in [0.717, 1.165) is 5.39 Å². The number of hydrogen-bond acceptors (Lipinski definition) is 0. The SMILES string of the molecule is FC(F)(F)c1cc2ccccc2c2c[nH]cc12. The van der Waals surface area contributed by atoms with Crippen molar-refractivity contribution in [3.63, 3.8) is 0 Å². The van der Waals surface area contributed by atoms with Crippen molar-refractivity contribution in [2.24, 2.45) is 0 Å². The molecule has 1 heterocycles. The quantitative estimate of drug-likeness (QED) is 0.596.